The van der Waals surface area contributed by atoms with Crippen molar-refractivity contribution in [2.75, 3.05) is 29.5 Å². The number of amides is 1. The molecule has 2 N–H and O–H groups in total. The second-order valence-corrected chi connectivity index (χ2v) is 14.3. The van der Waals surface area contributed by atoms with E-state index < -0.39 is 26.0 Å². The van der Waals surface area contributed by atoms with Crippen molar-refractivity contribution < 1.29 is 26.7 Å². The van der Waals surface area contributed by atoms with Crippen LogP contribution >= 0.6 is 0 Å². The Morgan fingerprint density at radius 1 is 1.25 bits per heavy atom. The molecule has 2 bridgehead atoms. The molecule has 1 aromatic carbocycles. The number of aliphatic hydroxyl groups is 1. The molecule has 36 heavy (non-hydrogen) atoms. The average Bonchev–Trinajstić information content (AvgIpc) is 3.39. The van der Waals surface area contributed by atoms with Gasteiger partial charge in [0, 0.05) is 25.6 Å². The Kier molecular flexibility index (Phi) is 5.90. The molecule has 2 saturated carbocycles. The maximum atomic E-state index is 13.8. The molecule has 2 fully saturated rings. The van der Waals surface area contributed by atoms with Crippen LogP contribution in [0.15, 0.2) is 38.8 Å². The van der Waals surface area contributed by atoms with Gasteiger partial charge in [0.25, 0.3) is 15.9 Å². The second-order valence-electron chi connectivity index (χ2n) is 10.7. The van der Waals surface area contributed by atoms with Gasteiger partial charge in [-0.1, -0.05) is 13.8 Å². The van der Waals surface area contributed by atoms with Crippen molar-refractivity contribution >= 4 is 43.2 Å². The first-order valence-electron chi connectivity index (χ1n) is 12.2. The minimum atomic E-state index is -4.28. The summed E-state index contributed by atoms with van der Waals surface area (Å²) in [5.41, 5.74) is 0.252. The van der Waals surface area contributed by atoms with Crippen LogP contribution in [0.4, 0.5) is 11.4 Å². The van der Waals surface area contributed by atoms with Gasteiger partial charge in [-0.2, -0.15) is 8.42 Å². The number of anilines is 2. The molecule has 1 amide bonds. The van der Waals surface area contributed by atoms with Crippen LogP contribution in [0.1, 0.15) is 39.5 Å². The second kappa shape index (κ2) is 8.47. The summed E-state index contributed by atoms with van der Waals surface area (Å²) in [6, 6.07) is 4.08. The number of hydrogen-bond donors (Lipinski definition) is 2. The lowest BCUT2D eigenvalue weighted by atomic mass is 9.77. The summed E-state index contributed by atoms with van der Waals surface area (Å²) >= 11 is 0. The summed E-state index contributed by atoms with van der Waals surface area (Å²) in [5, 5.41) is 14.3. The van der Waals surface area contributed by atoms with Crippen LogP contribution in [0.25, 0.3) is 0 Å². The number of amidine groups is 1. The fourth-order valence-electron chi connectivity index (χ4n) is 6.16. The molecule has 5 rings (SSSR count). The number of nitrogens with zero attached hydrogens (tertiary/aromatic N) is 3. The zero-order chi connectivity index (χ0) is 26.2. The highest BCUT2D eigenvalue weighted by atomic mass is 32.2. The van der Waals surface area contributed by atoms with Gasteiger partial charge in [0.1, 0.15) is 16.2 Å². The first-order valence-corrected chi connectivity index (χ1v) is 15.5. The topological polar surface area (TPSA) is 136 Å². The molecule has 10 nitrogen and oxygen atoms in total. The first-order chi connectivity index (χ1) is 16.8. The van der Waals surface area contributed by atoms with Crippen molar-refractivity contribution in [2.45, 2.75) is 50.5 Å². The molecule has 0 spiro atoms. The summed E-state index contributed by atoms with van der Waals surface area (Å²) in [4.78, 5) is 15.4. The van der Waals surface area contributed by atoms with E-state index in [1.165, 1.54) is 25.2 Å². The third-order valence-electron chi connectivity index (χ3n) is 8.03. The molecule has 4 atom stereocenters. The Bertz CT molecular complexity index is 1400. The largest absolute Gasteiger partial charge is 0.511 e. The highest BCUT2D eigenvalue weighted by Gasteiger charge is 2.57. The van der Waals surface area contributed by atoms with Gasteiger partial charge in [0.2, 0.25) is 10.0 Å². The number of nitrogens with one attached hydrogen (secondary N) is 1. The molecule has 0 radical (unpaired) electrons. The molecule has 0 saturated heterocycles. The summed E-state index contributed by atoms with van der Waals surface area (Å²) < 4.78 is 55.1. The predicted molar refractivity (Wildman–Crippen MR) is 137 cm³/mol. The Labute approximate surface area is 212 Å². The molecule has 1 aromatic rings. The Balaban J connectivity index is 1.56. The van der Waals surface area contributed by atoms with E-state index in [0.717, 1.165) is 36.2 Å². The zero-order valence-corrected chi connectivity index (χ0v) is 22.4. The van der Waals surface area contributed by atoms with Crippen LogP contribution in [-0.4, -0.2) is 64.5 Å². The van der Waals surface area contributed by atoms with Gasteiger partial charge >= 0.3 is 0 Å². The molecule has 0 aromatic heterocycles. The molecule has 2 aliphatic carbocycles. The number of rotatable bonds is 6. The van der Waals surface area contributed by atoms with Crippen LogP contribution in [0.3, 0.4) is 0 Å². The van der Waals surface area contributed by atoms with Gasteiger partial charge in [-0.25, -0.2) is 8.42 Å². The number of hydrogen-bond acceptors (Lipinski definition) is 7. The minimum absolute atomic E-state index is 0.0686. The van der Waals surface area contributed by atoms with Crippen LogP contribution in [-0.2, 0) is 24.8 Å². The van der Waals surface area contributed by atoms with Crippen LogP contribution in [0.2, 0.25) is 0 Å². The fourth-order valence-corrected chi connectivity index (χ4v) is 7.80. The lowest BCUT2D eigenvalue weighted by molar-refractivity contribution is -0.133. The Morgan fingerprint density at radius 3 is 2.61 bits per heavy atom. The van der Waals surface area contributed by atoms with E-state index in [1.807, 2.05) is 4.90 Å². The van der Waals surface area contributed by atoms with Gasteiger partial charge in [0.05, 0.1) is 17.6 Å². The number of carbonyl (C=O) groups excluding carboxylic acids is 1. The SMILES string of the molecule is CC(C)CCN1C(=O)C(C2=NS(=O)(=O)c3cc(N(C)S(C)(=O)=O)ccc3N2)=C(O)C2C1[C@@H]1CC[C@H]2C1. The number of fused-ring (bicyclic) bond motifs is 6. The van der Waals surface area contributed by atoms with Gasteiger partial charge in [-0.3, -0.25) is 9.10 Å². The zero-order valence-electron chi connectivity index (χ0n) is 20.8. The third kappa shape index (κ3) is 3.98. The fraction of sp³-hybridized carbons (Fsp3) is 0.583. The molecular formula is C24H32N4O6S2. The van der Waals surface area contributed by atoms with Crippen LogP contribution < -0.4 is 9.62 Å². The number of aliphatic hydroxyl groups excluding tert-OH is 1. The molecule has 196 valence electrons. The highest BCUT2D eigenvalue weighted by molar-refractivity contribution is 7.92. The monoisotopic (exact) mass is 536 g/mol. The highest BCUT2D eigenvalue weighted by Crippen LogP contribution is 2.55. The third-order valence-corrected chi connectivity index (χ3v) is 10.6. The van der Waals surface area contributed by atoms with Gasteiger partial charge in [-0.15, -0.1) is 4.40 Å². The maximum Gasteiger partial charge on any atom is 0.286 e. The van der Waals surface area contributed by atoms with Gasteiger partial charge < -0.3 is 15.3 Å². The van der Waals surface area contributed by atoms with E-state index >= 15 is 0 Å². The number of benzene rings is 1. The first kappa shape index (κ1) is 25.1. The summed E-state index contributed by atoms with van der Waals surface area (Å²) in [6.07, 6.45) is 4.79. The van der Waals surface area contributed by atoms with E-state index in [0.29, 0.717) is 18.4 Å². The number of sulfonamides is 2. The van der Waals surface area contributed by atoms with Crippen molar-refractivity contribution in [3.05, 3.63) is 29.5 Å². The Morgan fingerprint density at radius 2 is 1.94 bits per heavy atom. The maximum absolute atomic E-state index is 13.8. The average molecular weight is 537 g/mol. The lowest BCUT2D eigenvalue weighted by Gasteiger charge is -2.44. The lowest BCUT2D eigenvalue weighted by Crippen LogP contribution is -2.54. The van der Waals surface area contributed by atoms with Crippen molar-refractivity contribution in [1.82, 2.24) is 4.90 Å². The molecular weight excluding hydrogens is 504 g/mol. The van der Waals surface area contributed by atoms with Crippen molar-refractivity contribution in [3.8, 4) is 0 Å². The summed E-state index contributed by atoms with van der Waals surface area (Å²) in [5.74, 6) is 0.0988. The minimum Gasteiger partial charge on any atom is -0.511 e. The molecule has 2 aliphatic heterocycles. The normalized spacial score (nSPS) is 28.6. The Hall–Kier alpha value is -2.60. The molecule has 2 unspecified atom stereocenters. The van der Waals surface area contributed by atoms with E-state index in [-0.39, 0.29) is 51.3 Å². The van der Waals surface area contributed by atoms with E-state index in [4.69, 9.17) is 0 Å². The van der Waals surface area contributed by atoms with Crippen LogP contribution in [0.5, 0.6) is 0 Å². The molecule has 12 heteroatoms. The molecule has 2 heterocycles. The summed E-state index contributed by atoms with van der Waals surface area (Å²) in [6.45, 7) is 4.72. The molecule has 4 aliphatic rings. The predicted octanol–water partition coefficient (Wildman–Crippen LogP) is 2.71. The number of carbonyl (C=O) groups is 1. The van der Waals surface area contributed by atoms with Crippen molar-refractivity contribution in [3.63, 3.8) is 0 Å². The van der Waals surface area contributed by atoms with E-state index in [9.17, 15) is 26.7 Å². The van der Waals surface area contributed by atoms with Crippen molar-refractivity contribution in [2.24, 2.45) is 28.1 Å². The quantitative estimate of drug-likeness (QED) is 0.570. The van der Waals surface area contributed by atoms with Crippen molar-refractivity contribution in [1.29, 1.82) is 0 Å². The van der Waals surface area contributed by atoms with E-state index in [1.54, 1.807) is 0 Å². The van der Waals surface area contributed by atoms with Gasteiger partial charge in [-0.05, 0) is 61.6 Å². The van der Waals surface area contributed by atoms with E-state index in [2.05, 4.69) is 23.6 Å². The summed E-state index contributed by atoms with van der Waals surface area (Å²) in [7, 11) is -6.55. The standard InChI is InChI=1S/C24H32N4O6S2/c1-13(2)9-10-28-21-15-6-5-14(11-15)19(21)22(29)20(24(28)30)23-25-17-8-7-16(27(3)35(4,31)32)12-18(17)36(33,34)26-23/h7-8,12-15,19,21,29H,5-6,9-11H2,1-4H3,(H,25,26)/t14-,15+,19?,21?/m0/s1. The van der Waals surface area contributed by atoms with Crippen LogP contribution in [0, 0.1) is 23.7 Å². The van der Waals surface area contributed by atoms with Gasteiger partial charge in [0.15, 0.2) is 5.84 Å². The smallest absolute Gasteiger partial charge is 0.286 e.